The van der Waals surface area contributed by atoms with Crippen molar-refractivity contribution in [3.05, 3.63) is 28.2 Å². The van der Waals surface area contributed by atoms with E-state index in [9.17, 15) is 8.42 Å². The van der Waals surface area contributed by atoms with E-state index in [2.05, 4.69) is 15.9 Å². The number of ether oxygens (including phenoxy) is 1. The first-order valence-electron chi connectivity index (χ1n) is 5.11. The van der Waals surface area contributed by atoms with Crippen molar-refractivity contribution in [1.29, 1.82) is 0 Å². The third-order valence-electron chi connectivity index (χ3n) is 2.39. The van der Waals surface area contributed by atoms with Crippen LogP contribution in [-0.4, -0.2) is 40.0 Å². The van der Waals surface area contributed by atoms with Gasteiger partial charge in [0.1, 0.15) is 0 Å². The van der Waals surface area contributed by atoms with Gasteiger partial charge in [-0.2, -0.15) is 4.31 Å². The maximum absolute atomic E-state index is 12.2. The highest BCUT2D eigenvalue weighted by Crippen LogP contribution is 2.25. The molecular formula is C11H16BrNO3S. The molecular weight excluding hydrogens is 306 g/mol. The summed E-state index contributed by atoms with van der Waals surface area (Å²) in [5, 5.41) is 0. The first-order valence-corrected chi connectivity index (χ1v) is 7.34. The van der Waals surface area contributed by atoms with Crippen molar-refractivity contribution >= 4 is 26.0 Å². The molecule has 0 bridgehead atoms. The quantitative estimate of drug-likeness (QED) is 0.833. The van der Waals surface area contributed by atoms with E-state index in [1.807, 2.05) is 6.92 Å². The summed E-state index contributed by atoms with van der Waals surface area (Å²) in [7, 11) is -0.366. The number of benzene rings is 1. The zero-order valence-corrected chi connectivity index (χ0v) is 12.5. The molecule has 0 atom stereocenters. The Morgan fingerprint density at radius 1 is 1.41 bits per heavy atom. The Labute approximate surface area is 111 Å². The summed E-state index contributed by atoms with van der Waals surface area (Å²) in [6, 6.07) is 5.18. The summed E-state index contributed by atoms with van der Waals surface area (Å²) in [5.41, 5.74) is 1.01. The van der Waals surface area contributed by atoms with Crippen LogP contribution in [0.1, 0.15) is 5.56 Å². The Morgan fingerprint density at radius 2 is 2.06 bits per heavy atom. The van der Waals surface area contributed by atoms with E-state index in [1.165, 1.54) is 4.31 Å². The third kappa shape index (κ3) is 3.51. The number of sulfonamides is 1. The van der Waals surface area contributed by atoms with Crippen LogP contribution in [0.25, 0.3) is 0 Å². The van der Waals surface area contributed by atoms with E-state index in [4.69, 9.17) is 4.74 Å². The van der Waals surface area contributed by atoms with Crippen LogP contribution in [0.2, 0.25) is 0 Å². The number of methoxy groups -OCH3 is 1. The Kier molecular flexibility index (Phi) is 5.12. The predicted molar refractivity (Wildman–Crippen MR) is 70.6 cm³/mol. The van der Waals surface area contributed by atoms with E-state index in [0.29, 0.717) is 17.6 Å². The Balaban J connectivity index is 3.04. The molecule has 0 radical (unpaired) electrons. The molecule has 96 valence electrons. The van der Waals surface area contributed by atoms with E-state index in [1.54, 1.807) is 32.4 Å². The smallest absolute Gasteiger partial charge is 0.244 e. The predicted octanol–water partition coefficient (Wildman–Crippen LogP) is 2.02. The lowest BCUT2D eigenvalue weighted by molar-refractivity contribution is 0.185. The van der Waals surface area contributed by atoms with Gasteiger partial charge < -0.3 is 4.74 Å². The first kappa shape index (κ1) is 14.6. The number of rotatable bonds is 5. The third-order valence-corrected chi connectivity index (χ3v) is 5.22. The summed E-state index contributed by atoms with van der Waals surface area (Å²) >= 11 is 3.28. The van der Waals surface area contributed by atoms with Crippen LogP contribution in [0.15, 0.2) is 27.6 Å². The van der Waals surface area contributed by atoms with Crippen molar-refractivity contribution in [3.63, 3.8) is 0 Å². The van der Waals surface area contributed by atoms with Gasteiger partial charge in [0.2, 0.25) is 10.0 Å². The topological polar surface area (TPSA) is 46.6 Å². The normalized spacial score (nSPS) is 12.1. The van der Waals surface area contributed by atoms with E-state index in [-0.39, 0.29) is 4.90 Å². The minimum Gasteiger partial charge on any atom is -0.383 e. The van der Waals surface area contributed by atoms with Crippen LogP contribution in [0.4, 0.5) is 0 Å². The van der Waals surface area contributed by atoms with Gasteiger partial charge in [0.05, 0.1) is 11.5 Å². The molecule has 0 aliphatic heterocycles. The highest BCUT2D eigenvalue weighted by Gasteiger charge is 2.22. The molecule has 1 aromatic rings. The molecule has 0 saturated heterocycles. The molecule has 0 amide bonds. The standard InChI is InChI=1S/C11H16BrNO3S/c1-9-4-5-11(10(12)8-9)17(14,15)13(2)6-7-16-3/h4-5,8H,6-7H2,1-3H3. The van der Waals surface area contributed by atoms with Crippen molar-refractivity contribution < 1.29 is 13.2 Å². The van der Waals surface area contributed by atoms with E-state index < -0.39 is 10.0 Å². The highest BCUT2D eigenvalue weighted by atomic mass is 79.9. The zero-order chi connectivity index (χ0) is 13.1. The second kappa shape index (κ2) is 5.95. The lowest BCUT2D eigenvalue weighted by atomic mass is 10.2. The second-order valence-electron chi connectivity index (χ2n) is 3.75. The molecule has 4 nitrogen and oxygen atoms in total. The number of nitrogens with zero attached hydrogens (tertiary/aromatic N) is 1. The van der Waals surface area contributed by atoms with Crippen LogP contribution in [-0.2, 0) is 14.8 Å². The molecule has 1 rings (SSSR count). The molecule has 0 aromatic heterocycles. The second-order valence-corrected chi connectivity index (χ2v) is 6.62. The summed E-state index contributed by atoms with van der Waals surface area (Å²) in [5.74, 6) is 0. The van der Waals surface area contributed by atoms with Crippen LogP contribution in [0.3, 0.4) is 0 Å². The largest absolute Gasteiger partial charge is 0.383 e. The fourth-order valence-electron chi connectivity index (χ4n) is 1.32. The van der Waals surface area contributed by atoms with Crippen molar-refractivity contribution in [2.75, 3.05) is 27.3 Å². The van der Waals surface area contributed by atoms with E-state index >= 15 is 0 Å². The minimum atomic E-state index is -3.45. The minimum absolute atomic E-state index is 0.279. The Bertz CT molecular complexity index is 487. The van der Waals surface area contributed by atoms with Crippen LogP contribution in [0.5, 0.6) is 0 Å². The molecule has 0 saturated carbocycles. The molecule has 17 heavy (non-hydrogen) atoms. The van der Waals surface area contributed by atoms with Crippen LogP contribution in [0, 0.1) is 6.92 Å². The van der Waals surface area contributed by atoms with Gasteiger partial charge in [-0.15, -0.1) is 0 Å². The van der Waals surface area contributed by atoms with Crippen molar-refractivity contribution in [2.45, 2.75) is 11.8 Å². The highest BCUT2D eigenvalue weighted by molar-refractivity contribution is 9.10. The number of hydrogen-bond donors (Lipinski definition) is 0. The summed E-state index contributed by atoms with van der Waals surface area (Å²) in [6.45, 7) is 2.62. The fraction of sp³-hybridized carbons (Fsp3) is 0.455. The van der Waals surface area contributed by atoms with Crippen molar-refractivity contribution in [2.24, 2.45) is 0 Å². The number of halogens is 1. The summed E-state index contributed by atoms with van der Waals surface area (Å²) in [4.78, 5) is 0.279. The summed E-state index contributed by atoms with van der Waals surface area (Å²) < 4.78 is 31.2. The molecule has 0 spiro atoms. The van der Waals surface area contributed by atoms with E-state index in [0.717, 1.165) is 5.56 Å². The van der Waals surface area contributed by atoms with Gasteiger partial charge in [-0.3, -0.25) is 0 Å². The average molecular weight is 322 g/mol. The monoisotopic (exact) mass is 321 g/mol. The number of aryl methyl sites for hydroxylation is 1. The molecule has 6 heteroatoms. The lowest BCUT2D eigenvalue weighted by Crippen LogP contribution is -2.30. The Hall–Kier alpha value is -0.430. The molecule has 0 unspecified atom stereocenters. The van der Waals surface area contributed by atoms with Gasteiger partial charge in [-0.25, -0.2) is 8.42 Å². The van der Waals surface area contributed by atoms with Crippen molar-refractivity contribution in [1.82, 2.24) is 4.31 Å². The zero-order valence-electron chi connectivity index (χ0n) is 10.1. The molecule has 0 aliphatic carbocycles. The first-order chi connectivity index (χ1) is 7.89. The molecule has 0 heterocycles. The maximum Gasteiger partial charge on any atom is 0.244 e. The number of hydrogen-bond acceptors (Lipinski definition) is 3. The molecule has 0 N–H and O–H groups in total. The van der Waals surface area contributed by atoms with Crippen LogP contribution >= 0.6 is 15.9 Å². The molecule has 1 aromatic carbocycles. The molecule has 0 fully saturated rings. The maximum atomic E-state index is 12.2. The summed E-state index contributed by atoms with van der Waals surface area (Å²) in [6.07, 6.45) is 0. The lowest BCUT2D eigenvalue weighted by Gasteiger charge is -2.17. The van der Waals surface area contributed by atoms with Crippen molar-refractivity contribution in [3.8, 4) is 0 Å². The molecule has 0 aliphatic rings. The van der Waals surface area contributed by atoms with Gasteiger partial charge in [-0.05, 0) is 40.5 Å². The van der Waals surface area contributed by atoms with Gasteiger partial charge in [0.25, 0.3) is 0 Å². The average Bonchev–Trinajstić information content (AvgIpc) is 2.25. The van der Waals surface area contributed by atoms with Gasteiger partial charge in [-0.1, -0.05) is 6.07 Å². The van der Waals surface area contributed by atoms with Crippen LogP contribution < -0.4 is 0 Å². The van der Waals surface area contributed by atoms with Gasteiger partial charge in [0.15, 0.2) is 0 Å². The van der Waals surface area contributed by atoms with Gasteiger partial charge >= 0.3 is 0 Å². The van der Waals surface area contributed by atoms with Gasteiger partial charge in [0, 0.05) is 25.2 Å². The number of likely N-dealkylation sites (N-methyl/N-ethyl adjacent to an activating group) is 1. The SMILES string of the molecule is COCCN(C)S(=O)(=O)c1ccc(C)cc1Br. The fourth-order valence-corrected chi connectivity index (χ4v) is 3.63. The Morgan fingerprint density at radius 3 is 2.59 bits per heavy atom.